The Balaban J connectivity index is 2.03. The summed E-state index contributed by atoms with van der Waals surface area (Å²) < 4.78 is 11.2. The molecule has 1 aromatic carbocycles. The molecule has 1 fully saturated rings. The van der Waals surface area contributed by atoms with E-state index in [-0.39, 0.29) is 12.3 Å². The fourth-order valence-corrected chi connectivity index (χ4v) is 3.12. The predicted molar refractivity (Wildman–Crippen MR) is 74.9 cm³/mol. The van der Waals surface area contributed by atoms with Gasteiger partial charge in [0.1, 0.15) is 13.2 Å². The minimum absolute atomic E-state index is 0.0147. The van der Waals surface area contributed by atoms with Gasteiger partial charge in [-0.1, -0.05) is 11.6 Å². The van der Waals surface area contributed by atoms with E-state index >= 15 is 0 Å². The van der Waals surface area contributed by atoms with Crippen LogP contribution in [0.15, 0.2) is 6.07 Å². The molecule has 0 spiro atoms. The summed E-state index contributed by atoms with van der Waals surface area (Å²) in [5, 5.41) is 9.68. The first-order valence-electron chi connectivity index (χ1n) is 6.88. The summed E-state index contributed by atoms with van der Waals surface area (Å²) in [7, 11) is 0. The van der Waals surface area contributed by atoms with Crippen molar-refractivity contribution in [2.45, 2.75) is 32.1 Å². The first-order chi connectivity index (χ1) is 9.58. The minimum atomic E-state index is -0.771. The Morgan fingerprint density at radius 2 is 2.15 bits per heavy atom. The fourth-order valence-electron chi connectivity index (χ4n) is 2.86. The molecule has 0 radical (unpaired) electrons. The number of halogens is 1. The number of fused-ring (bicyclic) bond motifs is 1. The van der Waals surface area contributed by atoms with Crippen molar-refractivity contribution in [2.24, 2.45) is 5.92 Å². The van der Waals surface area contributed by atoms with Crippen LogP contribution in [0.25, 0.3) is 0 Å². The topological polar surface area (TPSA) is 55.8 Å². The minimum Gasteiger partial charge on any atom is -0.486 e. The molecule has 2 aliphatic rings. The average molecular weight is 297 g/mol. The van der Waals surface area contributed by atoms with Gasteiger partial charge in [-0.05, 0) is 48.8 Å². The zero-order chi connectivity index (χ0) is 14.3. The van der Waals surface area contributed by atoms with Crippen LogP contribution in [0, 0.1) is 12.8 Å². The van der Waals surface area contributed by atoms with Crippen molar-refractivity contribution >= 4 is 17.6 Å². The summed E-state index contributed by atoms with van der Waals surface area (Å²) in [6.45, 7) is 2.92. The quantitative estimate of drug-likeness (QED) is 0.925. The number of carboxylic acids is 1. The lowest BCUT2D eigenvalue weighted by Crippen LogP contribution is -2.17. The van der Waals surface area contributed by atoms with Crippen LogP contribution in [0.1, 0.15) is 36.3 Å². The molecule has 108 valence electrons. The smallest absolute Gasteiger partial charge is 0.303 e. The van der Waals surface area contributed by atoms with Crippen molar-refractivity contribution in [3.63, 3.8) is 0 Å². The molecular formula is C15H17ClO4. The van der Waals surface area contributed by atoms with Gasteiger partial charge < -0.3 is 14.6 Å². The highest BCUT2D eigenvalue weighted by Gasteiger charge is 2.36. The van der Waals surface area contributed by atoms with Gasteiger partial charge in [0.05, 0.1) is 11.4 Å². The lowest BCUT2D eigenvalue weighted by Gasteiger charge is -2.25. The second-order valence-electron chi connectivity index (χ2n) is 5.47. The molecule has 0 saturated heterocycles. The molecule has 1 heterocycles. The highest BCUT2D eigenvalue weighted by Crippen LogP contribution is 2.50. The van der Waals surface area contributed by atoms with Crippen molar-refractivity contribution in [1.29, 1.82) is 0 Å². The molecule has 1 N–H and O–H groups in total. The van der Waals surface area contributed by atoms with E-state index < -0.39 is 5.97 Å². The third-order valence-electron chi connectivity index (χ3n) is 4.04. The predicted octanol–water partition coefficient (Wildman–Crippen LogP) is 3.39. The highest BCUT2D eigenvalue weighted by atomic mass is 35.5. The van der Waals surface area contributed by atoms with E-state index in [1.54, 1.807) is 0 Å². The first-order valence-corrected chi connectivity index (χ1v) is 7.26. The normalized spacial score (nSPS) is 18.7. The van der Waals surface area contributed by atoms with Crippen molar-refractivity contribution in [2.75, 3.05) is 13.2 Å². The molecule has 3 rings (SSSR count). The van der Waals surface area contributed by atoms with Gasteiger partial charge in [0.2, 0.25) is 0 Å². The van der Waals surface area contributed by atoms with Crippen LogP contribution < -0.4 is 9.47 Å². The Bertz CT molecular complexity index is 551. The van der Waals surface area contributed by atoms with Crippen LogP contribution in [-0.4, -0.2) is 24.3 Å². The van der Waals surface area contributed by atoms with Crippen LogP contribution in [0.3, 0.4) is 0 Å². The Morgan fingerprint density at radius 1 is 1.45 bits per heavy atom. The number of hydrogen-bond acceptors (Lipinski definition) is 3. The van der Waals surface area contributed by atoms with E-state index in [9.17, 15) is 4.79 Å². The van der Waals surface area contributed by atoms with Gasteiger partial charge in [-0.15, -0.1) is 0 Å². The van der Waals surface area contributed by atoms with E-state index in [1.165, 1.54) is 0 Å². The van der Waals surface area contributed by atoms with Crippen LogP contribution in [-0.2, 0) is 4.79 Å². The van der Waals surface area contributed by atoms with Crippen molar-refractivity contribution in [3.05, 3.63) is 22.2 Å². The number of aliphatic carboxylic acids is 1. The second kappa shape index (κ2) is 5.17. The molecule has 1 atom stereocenters. The molecule has 1 aromatic rings. The van der Waals surface area contributed by atoms with Gasteiger partial charge in [-0.3, -0.25) is 4.79 Å². The van der Waals surface area contributed by atoms with Crippen LogP contribution in [0.5, 0.6) is 11.5 Å². The summed E-state index contributed by atoms with van der Waals surface area (Å²) in [5.74, 6) is 0.915. The van der Waals surface area contributed by atoms with E-state index in [0.29, 0.717) is 35.7 Å². The number of rotatable bonds is 4. The Labute approximate surface area is 122 Å². The third-order valence-corrected chi connectivity index (χ3v) is 4.50. The molecule has 0 aromatic heterocycles. The maximum atomic E-state index is 11.1. The highest BCUT2D eigenvalue weighted by molar-refractivity contribution is 6.33. The molecule has 1 aliphatic heterocycles. The molecule has 1 unspecified atom stereocenters. The molecule has 0 bridgehead atoms. The van der Waals surface area contributed by atoms with Crippen LogP contribution >= 0.6 is 11.6 Å². The van der Waals surface area contributed by atoms with Gasteiger partial charge >= 0.3 is 5.97 Å². The van der Waals surface area contributed by atoms with Crippen molar-refractivity contribution < 1.29 is 19.4 Å². The molecular weight excluding hydrogens is 280 g/mol. The van der Waals surface area contributed by atoms with E-state index in [4.69, 9.17) is 26.2 Å². The molecule has 5 heteroatoms. The largest absolute Gasteiger partial charge is 0.486 e. The van der Waals surface area contributed by atoms with Crippen LogP contribution in [0.2, 0.25) is 5.02 Å². The van der Waals surface area contributed by atoms with Gasteiger partial charge in [-0.2, -0.15) is 0 Å². The first kappa shape index (κ1) is 13.6. The second-order valence-corrected chi connectivity index (χ2v) is 5.85. The van der Waals surface area contributed by atoms with Crippen molar-refractivity contribution in [1.82, 2.24) is 0 Å². The number of hydrogen-bond donors (Lipinski definition) is 1. The fraction of sp³-hybridized carbons (Fsp3) is 0.533. The number of benzene rings is 1. The number of carbonyl (C=O) groups is 1. The van der Waals surface area contributed by atoms with Crippen molar-refractivity contribution in [3.8, 4) is 11.5 Å². The number of ether oxygens (including phenoxy) is 2. The monoisotopic (exact) mass is 296 g/mol. The molecule has 20 heavy (non-hydrogen) atoms. The Morgan fingerprint density at radius 3 is 2.80 bits per heavy atom. The number of carboxylic acid groups (broad SMARTS) is 1. The lowest BCUT2D eigenvalue weighted by molar-refractivity contribution is -0.137. The Hall–Kier alpha value is -1.42. The van der Waals surface area contributed by atoms with Gasteiger partial charge in [-0.25, -0.2) is 0 Å². The van der Waals surface area contributed by atoms with Gasteiger partial charge in [0, 0.05) is 0 Å². The van der Waals surface area contributed by atoms with E-state index in [0.717, 1.165) is 24.0 Å². The SMILES string of the molecule is Cc1c(C(CC(=O)O)C2CC2)cc2c(c1Cl)OCCO2. The zero-order valence-electron chi connectivity index (χ0n) is 11.3. The molecule has 0 amide bonds. The maximum absolute atomic E-state index is 11.1. The zero-order valence-corrected chi connectivity index (χ0v) is 12.1. The summed E-state index contributed by atoms with van der Waals surface area (Å²) in [4.78, 5) is 11.1. The molecule has 1 aliphatic carbocycles. The Kier molecular flexibility index (Phi) is 3.50. The summed E-state index contributed by atoms with van der Waals surface area (Å²) in [6.07, 6.45) is 2.31. The lowest BCUT2D eigenvalue weighted by atomic mass is 9.87. The van der Waals surface area contributed by atoms with E-state index in [2.05, 4.69) is 0 Å². The molecule has 1 saturated carbocycles. The summed E-state index contributed by atoms with van der Waals surface area (Å²) in [6, 6.07) is 1.92. The van der Waals surface area contributed by atoms with Crippen LogP contribution in [0.4, 0.5) is 0 Å². The standard InChI is InChI=1S/C15H17ClO4/c1-8-10(11(7-13(17)18)9-2-3-9)6-12-15(14(8)16)20-5-4-19-12/h6,9,11H,2-5,7H2,1H3,(H,17,18). The average Bonchev–Trinajstić information content (AvgIpc) is 3.25. The van der Waals surface area contributed by atoms with E-state index in [1.807, 2.05) is 13.0 Å². The van der Waals surface area contributed by atoms with Gasteiger partial charge in [0.15, 0.2) is 11.5 Å². The maximum Gasteiger partial charge on any atom is 0.303 e. The summed E-state index contributed by atoms with van der Waals surface area (Å²) >= 11 is 6.37. The summed E-state index contributed by atoms with van der Waals surface area (Å²) in [5.41, 5.74) is 1.90. The molecule has 4 nitrogen and oxygen atoms in total. The third kappa shape index (κ3) is 2.44. The van der Waals surface area contributed by atoms with Gasteiger partial charge in [0.25, 0.3) is 0 Å².